The van der Waals surface area contributed by atoms with E-state index in [9.17, 15) is 13.2 Å². The van der Waals surface area contributed by atoms with Crippen LogP contribution in [0.25, 0.3) is 0 Å². The van der Waals surface area contributed by atoms with Crippen molar-refractivity contribution < 1.29 is 27.4 Å². The summed E-state index contributed by atoms with van der Waals surface area (Å²) in [6.07, 6.45) is -4.71. The molecule has 0 bridgehead atoms. The van der Waals surface area contributed by atoms with Crippen molar-refractivity contribution in [1.29, 1.82) is 0 Å². The molecule has 1 aliphatic heterocycles. The van der Waals surface area contributed by atoms with E-state index in [1.807, 2.05) is 25.1 Å². The van der Waals surface area contributed by atoms with E-state index in [1.165, 1.54) is 12.1 Å². The van der Waals surface area contributed by atoms with E-state index < -0.39 is 6.36 Å². The van der Waals surface area contributed by atoms with Crippen LogP contribution in [0, 0.1) is 0 Å². The summed E-state index contributed by atoms with van der Waals surface area (Å²) in [6.45, 7) is 5.76. The second kappa shape index (κ2) is 9.37. The van der Waals surface area contributed by atoms with Crippen molar-refractivity contribution in [3.05, 3.63) is 53.6 Å². The van der Waals surface area contributed by atoms with Gasteiger partial charge in [0.25, 0.3) is 0 Å². The molecule has 1 saturated heterocycles. The van der Waals surface area contributed by atoms with Crippen LogP contribution >= 0.6 is 0 Å². The summed E-state index contributed by atoms with van der Waals surface area (Å²) in [5.41, 5.74) is 1.87. The second-order valence-electron chi connectivity index (χ2n) is 6.65. The minimum Gasteiger partial charge on any atom is -0.493 e. The standard InChI is InChI=1S/C21H25F3N2O3/c1-3-28-18-9-6-16(14-19(18)27-2)20(26-12-10-25-11-13-26)15-4-7-17(8-5-15)29-21(22,23)24/h4-9,14,20,25H,3,10-13H2,1-2H3/t20-/m1/s1. The monoisotopic (exact) mass is 410 g/mol. The molecule has 8 heteroatoms. The zero-order chi connectivity index (χ0) is 20.9. The van der Waals surface area contributed by atoms with E-state index in [4.69, 9.17) is 9.47 Å². The van der Waals surface area contributed by atoms with Gasteiger partial charge < -0.3 is 19.5 Å². The molecular weight excluding hydrogens is 385 g/mol. The second-order valence-corrected chi connectivity index (χ2v) is 6.65. The summed E-state index contributed by atoms with van der Waals surface area (Å²) in [5.74, 6) is 1.05. The molecule has 0 saturated carbocycles. The average molecular weight is 410 g/mol. The van der Waals surface area contributed by atoms with Crippen molar-refractivity contribution in [2.75, 3.05) is 39.9 Å². The van der Waals surface area contributed by atoms with Crippen molar-refractivity contribution in [2.24, 2.45) is 0 Å². The Bertz CT molecular complexity index is 791. The Labute approximate surface area is 168 Å². The molecule has 1 N–H and O–H groups in total. The number of ether oxygens (including phenoxy) is 3. The third kappa shape index (κ3) is 5.55. The van der Waals surface area contributed by atoms with E-state index >= 15 is 0 Å². The molecule has 2 aromatic rings. The molecule has 0 aliphatic carbocycles. The fourth-order valence-electron chi connectivity index (χ4n) is 3.54. The molecule has 0 unspecified atom stereocenters. The highest BCUT2D eigenvalue weighted by atomic mass is 19.4. The normalized spacial score (nSPS) is 16.3. The zero-order valence-electron chi connectivity index (χ0n) is 16.5. The lowest BCUT2D eigenvalue weighted by atomic mass is 9.96. The first-order valence-corrected chi connectivity index (χ1v) is 9.52. The molecule has 1 heterocycles. The third-order valence-corrected chi connectivity index (χ3v) is 4.75. The van der Waals surface area contributed by atoms with Crippen LogP contribution in [-0.2, 0) is 0 Å². The highest BCUT2D eigenvalue weighted by molar-refractivity contribution is 5.46. The number of nitrogens with zero attached hydrogens (tertiary/aromatic N) is 1. The summed E-state index contributed by atoms with van der Waals surface area (Å²) in [7, 11) is 1.59. The number of nitrogens with one attached hydrogen (secondary N) is 1. The van der Waals surface area contributed by atoms with Gasteiger partial charge in [0.15, 0.2) is 11.5 Å². The van der Waals surface area contributed by atoms with Crippen molar-refractivity contribution in [3.8, 4) is 17.2 Å². The van der Waals surface area contributed by atoms with Crippen LogP contribution in [0.3, 0.4) is 0 Å². The minimum absolute atomic E-state index is 0.124. The number of rotatable bonds is 7. The van der Waals surface area contributed by atoms with Gasteiger partial charge in [-0.1, -0.05) is 18.2 Å². The number of methoxy groups -OCH3 is 1. The predicted octanol–water partition coefficient (Wildman–Crippen LogP) is 3.99. The van der Waals surface area contributed by atoms with Crippen LogP contribution in [0.5, 0.6) is 17.2 Å². The van der Waals surface area contributed by atoms with E-state index in [2.05, 4.69) is 15.0 Å². The van der Waals surface area contributed by atoms with Gasteiger partial charge in [-0.3, -0.25) is 4.90 Å². The molecule has 0 spiro atoms. The first-order chi connectivity index (χ1) is 13.9. The van der Waals surface area contributed by atoms with Gasteiger partial charge in [0, 0.05) is 26.2 Å². The Morgan fingerprint density at radius 1 is 1.00 bits per heavy atom. The highest BCUT2D eigenvalue weighted by Crippen LogP contribution is 2.36. The topological polar surface area (TPSA) is 43.0 Å². The van der Waals surface area contributed by atoms with Crippen LogP contribution < -0.4 is 19.5 Å². The Kier molecular flexibility index (Phi) is 6.87. The number of hydrogen-bond acceptors (Lipinski definition) is 5. The number of alkyl halides is 3. The zero-order valence-corrected chi connectivity index (χ0v) is 16.5. The first kappa shape index (κ1) is 21.3. The maximum atomic E-state index is 12.5. The Morgan fingerprint density at radius 3 is 2.24 bits per heavy atom. The van der Waals surface area contributed by atoms with Crippen molar-refractivity contribution in [2.45, 2.75) is 19.3 Å². The van der Waals surface area contributed by atoms with Crippen molar-refractivity contribution >= 4 is 0 Å². The Balaban J connectivity index is 1.95. The lowest BCUT2D eigenvalue weighted by Crippen LogP contribution is -2.45. The Morgan fingerprint density at radius 2 is 1.66 bits per heavy atom. The van der Waals surface area contributed by atoms with Gasteiger partial charge in [0.2, 0.25) is 0 Å². The minimum atomic E-state index is -4.71. The first-order valence-electron chi connectivity index (χ1n) is 9.52. The average Bonchev–Trinajstić information content (AvgIpc) is 2.70. The van der Waals surface area contributed by atoms with Crippen molar-refractivity contribution in [3.63, 3.8) is 0 Å². The lowest BCUT2D eigenvalue weighted by molar-refractivity contribution is -0.274. The molecule has 1 fully saturated rings. The molecule has 158 valence electrons. The number of halogens is 3. The van der Waals surface area contributed by atoms with Crippen LogP contribution in [0.2, 0.25) is 0 Å². The number of piperazine rings is 1. The molecule has 3 rings (SSSR count). The fourth-order valence-corrected chi connectivity index (χ4v) is 3.54. The molecule has 29 heavy (non-hydrogen) atoms. The molecule has 0 radical (unpaired) electrons. The van der Waals surface area contributed by atoms with E-state index in [0.717, 1.165) is 37.3 Å². The van der Waals surface area contributed by atoms with Gasteiger partial charge in [-0.15, -0.1) is 13.2 Å². The fraction of sp³-hybridized carbons (Fsp3) is 0.429. The van der Waals surface area contributed by atoms with Gasteiger partial charge in [0.1, 0.15) is 5.75 Å². The maximum Gasteiger partial charge on any atom is 0.573 e. The molecule has 0 amide bonds. The van der Waals surface area contributed by atoms with Crippen molar-refractivity contribution in [1.82, 2.24) is 10.2 Å². The molecular formula is C21H25F3N2O3. The number of benzene rings is 2. The summed E-state index contributed by atoms with van der Waals surface area (Å²) in [4.78, 5) is 2.30. The quantitative estimate of drug-likeness (QED) is 0.748. The summed E-state index contributed by atoms with van der Waals surface area (Å²) in [6, 6.07) is 11.7. The van der Waals surface area contributed by atoms with E-state index in [0.29, 0.717) is 18.1 Å². The van der Waals surface area contributed by atoms with E-state index in [-0.39, 0.29) is 11.8 Å². The van der Waals surface area contributed by atoms with Gasteiger partial charge >= 0.3 is 6.36 Å². The van der Waals surface area contributed by atoms with Crippen LogP contribution in [0.15, 0.2) is 42.5 Å². The van der Waals surface area contributed by atoms with Crippen LogP contribution in [0.1, 0.15) is 24.1 Å². The SMILES string of the molecule is CCOc1ccc([C@@H](c2ccc(OC(F)(F)F)cc2)N2CCNCC2)cc1OC. The van der Waals surface area contributed by atoms with Gasteiger partial charge in [0.05, 0.1) is 19.8 Å². The highest BCUT2D eigenvalue weighted by Gasteiger charge is 2.31. The predicted molar refractivity (Wildman–Crippen MR) is 104 cm³/mol. The van der Waals surface area contributed by atoms with Gasteiger partial charge in [-0.05, 0) is 42.3 Å². The maximum absolute atomic E-state index is 12.5. The number of hydrogen-bond donors (Lipinski definition) is 1. The third-order valence-electron chi connectivity index (χ3n) is 4.75. The van der Waals surface area contributed by atoms with Gasteiger partial charge in [-0.25, -0.2) is 0 Å². The van der Waals surface area contributed by atoms with E-state index in [1.54, 1.807) is 19.2 Å². The largest absolute Gasteiger partial charge is 0.573 e. The summed E-state index contributed by atoms with van der Waals surface area (Å²) >= 11 is 0. The summed E-state index contributed by atoms with van der Waals surface area (Å²) in [5, 5.41) is 3.32. The van der Waals surface area contributed by atoms with Gasteiger partial charge in [-0.2, -0.15) is 0 Å². The van der Waals surface area contributed by atoms with Crippen LogP contribution in [-0.4, -0.2) is 51.2 Å². The Hall–Kier alpha value is -2.45. The summed E-state index contributed by atoms with van der Waals surface area (Å²) < 4.78 is 52.5. The molecule has 5 nitrogen and oxygen atoms in total. The molecule has 1 aliphatic rings. The lowest BCUT2D eigenvalue weighted by Gasteiger charge is -2.36. The van der Waals surface area contributed by atoms with Crippen LogP contribution in [0.4, 0.5) is 13.2 Å². The molecule has 0 aromatic heterocycles. The molecule has 2 aromatic carbocycles. The smallest absolute Gasteiger partial charge is 0.493 e. The molecule has 1 atom stereocenters.